The van der Waals surface area contributed by atoms with E-state index < -0.39 is 0 Å². The van der Waals surface area contributed by atoms with Gasteiger partial charge in [0.05, 0.1) is 6.10 Å². The minimum Gasteiger partial charge on any atom is -0.388 e. The lowest BCUT2D eigenvalue weighted by atomic mass is 9.83. The Hall–Kier alpha value is 0.140. The van der Waals surface area contributed by atoms with E-state index in [1.165, 1.54) is 19.3 Å². The summed E-state index contributed by atoms with van der Waals surface area (Å²) >= 11 is 6.93. The number of hydrogen-bond donors (Lipinski definition) is 1. The average Bonchev–Trinajstić information content (AvgIpc) is 2.33. The van der Waals surface area contributed by atoms with Crippen molar-refractivity contribution in [3.8, 4) is 0 Å². The van der Waals surface area contributed by atoms with Crippen LogP contribution in [0.3, 0.4) is 0 Å². The van der Waals surface area contributed by atoms with Crippen LogP contribution in [-0.2, 0) is 0 Å². The topological polar surface area (TPSA) is 20.2 Å². The lowest BCUT2D eigenvalue weighted by molar-refractivity contribution is 0.0848. The number of aliphatic hydroxyl groups excluding tert-OH is 1. The van der Waals surface area contributed by atoms with Gasteiger partial charge < -0.3 is 5.11 Å². The first-order valence-electron chi connectivity index (χ1n) is 5.81. The van der Waals surface area contributed by atoms with Gasteiger partial charge in [0, 0.05) is 8.95 Å². The van der Waals surface area contributed by atoms with Gasteiger partial charge in [0.1, 0.15) is 0 Å². The molecule has 0 heterocycles. The third-order valence-corrected chi connectivity index (χ3v) is 5.26. The molecule has 1 N–H and O–H groups in total. The van der Waals surface area contributed by atoms with Crippen molar-refractivity contribution >= 4 is 31.9 Å². The van der Waals surface area contributed by atoms with Crippen LogP contribution in [0, 0.1) is 5.92 Å². The highest BCUT2D eigenvalue weighted by Gasteiger charge is 2.23. The van der Waals surface area contributed by atoms with E-state index in [1.807, 2.05) is 18.2 Å². The van der Waals surface area contributed by atoms with Crippen LogP contribution >= 0.6 is 31.9 Å². The molecule has 0 saturated heterocycles. The molecule has 1 saturated carbocycles. The Morgan fingerprint density at radius 3 is 2.38 bits per heavy atom. The normalized spacial score (nSPS) is 19.7. The lowest BCUT2D eigenvalue weighted by Crippen LogP contribution is -2.15. The second-order valence-corrected chi connectivity index (χ2v) is 6.23. The predicted octanol–water partition coefficient (Wildman–Crippen LogP) is 4.83. The first-order chi connectivity index (χ1) is 7.68. The molecule has 16 heavy (non-hydrogen) atoms. The van der Waals surface area contributed by atoms with Crippen molar-refractivity contribution in [1.29, 1.82) is 0 Å². The SMILES string of the molecule is OC(c1ccc(Br)c(Br)c1)C1CCCCC1. The second-order valence-electron chi connectivity index (χ2n) is 4.52. The molecular weight excluding hydrogens is 332 g/mol. The molecule has 1 fully saturated rings. The summed E-state index contributed by atoms with van der Waals surface area (Å²) in [6.45, 7) is 0. The van der Waals surface area contributed by atoms with Crippen LogP contribution in [0.1, 0.15) is 43.8 Å². The van der Waals surface area contributed by atoms with Crippen molar-refractivity contribution in [2.75, 3.05) is 0 Å². The smallest absolute Gasteiger partial charge is 0.0818 e. The first-order valence-corrected chi connectivity index (χ1v) is 7.40. The van der Waals surface area contributed by atoms with E-state index in [2.05, 4.69) is 31.9 Å². The molecule has 1 unspecified atom stereocenters. The molecule has 1 aromatic carbocycles. The van der Waals surface area contributed by atoms with Crippen LogP contribution in [0.25, 0.3) is 0 Å². The van der Waals surface area contributed by atoms with E-state index in [4.69, 9.17) is 0 Å². The summed E-state index contributed by atoms with van der Waals surface area (Å²) in [6, 6.07) is 6.02. The van der Waals surface area contributed by atoms with E-state index in [0.717, 1.165) is 27.4 Å². The minimum absolute atomic E-state index is 0.301. The van der Waals surface area contributed by atoms with Crippen molar-refractivity contribution in [2.45, 2.75) is 38.2 Å². The summed E-state index contributed by atoms with van der Waals surface area (Å²) in [5.74, 6) is 0.446. The zero-order valence-corrected chi connectivity index (χ0v) is 12.3. The summed E-state index contributed by atoms with van der Waals surface area (Å²) < 4.78 is 2.05. The van der Waals surface area contributed by atoms with Gasteiger partial charge in [-0.2, -0.15) is 0 Å². The molecule has 0 spiro atoms. The second kappa shape index (κ2) is 5.65. The number of aliphatic hydroxyl groups is 1. The van der Waals surface area contributed by atoms with Crippen LogP contribution < -0.4 is 0 Å². The molecule has 1 atom stereocenters. The number of rotatable bonds is 2. The van der Waals surface area contributed by atoms with Crippen molar-refractivity contribution in [3.05, 3.63) is 32.7 Å². The number of halogens is 2. The molecule has 0 bridgehead atoms. The maximum atomic E-state index is 10.3. The van der Waals surface area contributed by atoms with E-state index in [1.54, 1.807) is 0 Å². The van der Waals surface area contributed by atoms with Crippen LogP contribution in [0.2, 0.25) is 0 Å². The van der Waals surface area contributed by atoms with E-state index >= 15 is 0 Å². The quantitative estimate of drug-likeness (QED) is 0.812. The molecule has 1 aromatic rings. The van der Waals surface area contributed by atoms with Gasteiger partial charge in [0.25, 0.3) is 0 Å². The van der Waals surface area contributed by atoms with Crippen LogP contribution in [0.4, 0.5) is 0 Å². The van der Waals surface area contributed by atoms with E-state index in [-0.39, 0.29) is 6.10 Å². The Kier molecular flexibility index (Phi) is 4.45. The monoisotopic (exact) mass is 346 g/mol. The molecule has 0 radical (unpaired) electrons. The minimum atomic E-state index is -0.301. The maximum absolute atomic E-state index is 10.3. The summed E-state index contributed by atoms with van der Waals surface area (Å²) in [7, 11) is 0. The molecule has 3 heteroatoms. The molecule has 2 rings (SSSR count). The lowest BCUT2D eigenvalue weighted by Gasteiger charge is -2.27. The third-order valence-electron chi connectivity index (χ3n) is 3.38. The van der Waals surface area contributed by atoms with E-state index in [9.17, 15) is 5.11 Å². The zero-order chi connectivity index (χ0) is 11.5. The summed E-state index contributed by atoms with van der Waals surface area (Å²) in [5.41, 5.74) is 1.03. The number of hydrogen-bond acceptors (Lipinski definition) is 1. The standard InChI is InChI=1S/C13H16Br2O/c14-11-7-6-10(8-12(11)15)13(16)9-4-2-1-3-5-9/h6-9,13,16H,1-5H2. The van der Waals surface area contributed by atoms with Crippen molar-refractivity contribution < 1.29 is 5.11 Å². The molecule has 1 aliphatic rings. The Morgan fingerprint density at radius 1 is 1.06 bits per heavy atom. The van der Waals surface area contributed by atoms with Gasteiger partial charge >= 0.3 is 0 Å². The van der Waals surface area contributed by atoms with E-state index in [0.29, 0.717) is 5.92 Å². The number of benzene rings is 1. The molecular formula is C13H16Br2O. The maximum Gasteiger partial charge on any atom is 0.0818 e. The summed E-state index contributed by atoms with van der Waals surface area (Å²) in [5, 5.41) is 10.3. The highest BCUT2D eigenvalue weighted by atomic mass is 79.9. The molecule has 1 aliphatic carbocycles. The molecule has 0 amide bonds. The van der Waals surface area contributed by atoms with Crippen molar-refractivity contribution in [2.24, 2.45) is 5.92 Å². The molecule has 88 valence electrons. The molecule has 0 aromatic heterocycles. The van der Waals surface area contributed by atoms with Gasteiger partial charge in [-0.3, -0.25) is 0 Å². The van der Waals surface area contributed by atoms with Gasteiger partial charge in [0.15, 0.2) is 0 Å². The van der Waals surface area contributed by atoms with Crippen LogP contribution in [0.5, 0.6) is 0 Å². The highest BCUT2D eigenvalue weighted by Crippen LogP contribution is 2.36. The van der Waals surface area contributed by atoms with Gasteiger partial charge in [-0.1, -0.05) is 25.3 Å². The fourth-order valence-corrected chi connectivity index (χ4v) is 3.06. The van der Waals surface area contributed by atoms with Gasteiger partial charge in [-0.05, 0) is 68.3 Å². The molecule has 0 aliphatic heterocycles. The Bertz CT molecular complexity index is 359. The average molecular weight is 348 g/mol. The first kappa shape index (κ1) is 12.6. The molecule has 1 nitrogen and oxygen atoms in total. The summed E-state index contributed by atoms with van der Waals surface area (Å²) in [4.78, 5) is 0. The fourth-order valence-electron chi connectivity index (χ4n) is 2.42. The van der Waals surface area contributed by atoms with Gasteiger partial charge in [0.2, 0.25) is 0 Å². The fraction of sp³-hybridized carbons (Fsp3) is 0.538. The van der Waals surface area contributed by atoms with Gasteiger partial charge in [-0.15, -0.1) is 0 Å². The predicted molar refractivity (Wildman–Crippen MR) is 73.4 cm³/mol. The van der Waals surface area contributed by atoms with Crippen LogP contribution in [0.15, 0.2) is 27.1 Å². The van der Waals surface area contributed by atoms with Gasteiger partial charge in [-0.25, -0.2) is 0 Å². The highest BCUT2D eigenvalue weighted by molar-refractivity contribution is 9.13. The largest absolute Gasteiger partial charge is 0.388 e. The zero-order valence-electron chi connectivity index (χ0n) is 9.13. The van der Waals surface area contributed by atoms with Crippen molar-refractivity contribution in [3.63, 3.8) is 0 Å². The Morgan fingerprint density at radius 2 is 1.75 bits per heavy atom. The summed E-state index contributed by atoms with van der Waals surface area (Å²) in [6.07, 6.45) is 5.88. The van der Waals surface area contributed by atoms with Crippen LogP contribution in [-0.4, -0.2) is 5.11 Å². The van der Waals surface area contributed by atoms with Crippen molar-refractivity contribution in [1.82, 2.24) is 0 Å². The Labute approximate surface area is 114 Å². The Balaban J connectivity index is 2.12. The third kappa shape index (κ3) is 2.88.